The molecule has 7 heteroatoms. The Labute approximate surface area is 190 Å². The number of amides is 1. The molecule has 1 amide bonds. The van der Waals surface area contributed by atoms with E-state index in [4.69, 9.17) is 4.74 Å². The Balaban J connectivity index is 1.56. The molecule has 3 rings (SSSR count). The minimum atomic E-state index is -0.163. The highest BCUT2D eigenvalue weighted by atomic mass is 16.5. The summed E-state index contributed by atoms with van der Waals surface area (Å²) in [6.07, 6.45) is 7.69. The maximum absolute atomic E-state index is 12.6. The number of ether oxygens (including phenoxy) is 1. The first-order valence-corrected chi connectivity index (χ1v) is 11.1. The number of hydrogen-bond donors (Lipinski definition) is 2. The Morgan fingerprint density at radius 1 is 1.12 bits per heavy atom. The molecule has 0 unspecified atom stereocenters. The van der Waals surface area contributed by atoms with Crippen LogP contribution in [0.5, 0.6) is 5.75 Å². The lowest BCUT2D eigenvalue weighted by Gasteiger charge is -2.15. The Morgan fingerprint density at radius 2 is 1.84 bits per heavy atom. The van der Waals surface area contributed by atoms with Gasteiger partial charge in [-0.15, -0.1) is 0 Å². The zero-order valence-electron chi connectivity index (χ0n) is 19.4. The van der Waals surface area contributed by atoms with Crippen LogP contribution in [0.25, 0.3) is 0 Å². The maximum atomic E-state index is 12.6. The highest BCUT2D eigenvalue weighted by Gasteiger charge is 2.14. The van der Waals surface area contributed by atoms with Gasteiger partial charge in [-0.3, -0.25) is 9.69 Å². The first kappa shape index (κ1) is 23.5. The van der Waals surface area contributed by atoms with Crippen LogP contribution in [0.3, 0.4) is 0 Å². The Bertz CT molecular complexity index is 972. The van der Waals surface area contributed by atoms with Crippen LogP contribution in [-0.4, -0.2) is 47.0 Å². The van der Waals surface area contributed by atoms with E-state index in [1.54, 1.807) is 12.4 Å². The van der Waals surface area contributed by atoms with Gasteiger partial charge in [-0.25, -0.2) is 9.97 Å². The van der Waals surface area contributed by atoms with Gasteiger partial charge in [0.15, 0.2) is 0 Å². The van der Waals surface area contributed by atoms with E-state index in [-0.39, 0.29) is 5.91 Å². The Morgan fingerprint density at radius 3 is 2.50 bits per heavy atom. The van der Waals surface area contributed by atoms with Gasteiger partial charge < -0.3 is 15.4 Å². The molecule has 2 aromatic rings. The van der Waals surface area contributed by atoms with Crippen molar-refractivity contribution in [1.82, 2.24) is 14.9 Å². The summed E-state index contributed by atoms with van der Waals surface area (Å²) in [7, 11) is 0. The standard InChI is InChI=1S/C25H33N5O2/c1-5-19(4)23(18(2)3)24(31)28-21-16-26-25(27-17-21)29-20-9-8-10-22(15-20)32-14-13-30-11-6-7-12-30/h5,8-10,15-17H,6-7,11-14H2,1-4H3,(H,28,31)(H,26,27,29)/b19-5-. The lowest BCUT2D eigenvalue weighted by molar-refractivity contribution is -0.112. The van der Waals surface area contributed by atoms with Gasteiger partial charge in [-0.1, -0.05) is 17.7 Å². The van der Waals surface area contributed by atoms with E-state index >= 15 is 0 Å². The molecular weight excluding hydrogens is 402 g/mol. The van der Waals surface area contributed by atoms with Crippen molar-refractivity contribution in [2.75, 3.05) is 36.9 Å². The maximum Gasteiger partial charge on any atom is 0.255 e. The van der Waals surface area contributed by atoms with Crippen molar-refractivity contribution >= 4 is 23.2 Å². The average molecular weight is 436 g/mol. The Hall–Kier alpha value is -3.19. The van der Waals surface area contributed by atoms with E-state index in [1.165, 1.54) is 25.9 Å². The van der Waals surface area contributed by atoms with Crippen molar-refractivity contribution in [3.05, 3.63) is 59.5 Å². The monoisotopic (exact) mass is 435 g/mol. The molecular formula is C25H33N5O2. The third-order valence-corrected chi connectivity index (χ3v) is 5.43. The van der Waals surface area contributed by atoms with E-state index in [0.29, 0.717) is 23.8 Å². The molecule has 1 saturated heterocycles. The van der Waals surface area contributed by atoms with Crippen molar-refractivity contribution in [1.29, 1.82) is 0 Å². The SMILES string of the molecule is C/C=C(/C)C(C(=O)Nc1cnc(Nc2cccc(OCCN3CCCC3)c2)nc1)=C(C)C. The highest BCUT2D eigenvalue weighted by Crippen LogP contribution is 2.21. The molecule has 0 aliphatic carbocycles. The van der Waals surface area contributed by atoms with Crippen molar-refractivity contribution in [2.24, 2.45) is 0 Å². The lowest BCUT2D eigenvalue weighted by Crippen LogP contribution is -2.25. The number of nitrogens with one attached hydrogen (secondary N) is 2. The molecule has 0 spiro atoms. The van der Waals surface area contributed by atoms with Gasteiger partial charge in [0.1, 0.15) is 12.4 Å². The van der Waals surface area contributed by atoms with Crippen molar-refractivity contribution in [2.45, 2.75) is 40.5 Å². The van der Waals surface area contributed by atoms with Crippen LogP contribution < -0.4 is 15.4 Å². The third kappa shape index (κ3) is 6.65. The number of carbonyl (C=O) groups excluding carboxylic acids is 1. The summed E-state index contributed by atoms with van der Waals surface area (Å²) in [5.41, 5.74) is 3.96. The number of aromatic nitrogens is 2. The van der Waals surface area contributed by atoms with Gasteiger partial charge in [0.05, 0.1) is 18.1 Å². The molecule has 1 aromatic heterocycles. The van der Waals surface area contributed by atoms with Gasteiger partial charge in [-0.2, -0.15) is 0 Å². The number of benzene rings is 1. The van der Waals surface area contributed by atoms with E-state index < -0.39 is 0 Å². The topological polar surface area (TPSA) is 79.4 Å². The first-order valence-electron chi connectivity index (χ1n) is 11.1. The second-order valence-electron chi connectivity index (χ2n) is 8.15. The molecule has 1 aromatic carbocycles. The van der Waals surface area contributed by atoms with E-state index in [2.05, 4.69) is 25.5 Å². The number of likely N-dealkylation sites (tertiary alicyclic amines) is 1. The molecule has 2 heterocycles. The smallest absolute Gasteiger partial charge is 0.255 e. The summed E-state index contributed by atoms with van der Waals surface area (Å²) >= 11 is 0. The summed E-state index contributed by atoms with van der Waals surface area (Å²) in [4.78, 5) is 23.7. The second kappa shape index (κ2) is 11.4. The molecule has 1 aliphatic rings. The lowest BCUT2D eigenvalue weighted by atomic mass is 10.0. The zero-order chi connectivity index (χ0) is 22.9. The van der Waals surface area contributed by atoms with Crippen LogP contribution >= 0.6 is 0 Å². The van der Waals surface area contributed by atoms with Gasteiger partial charge in [0.25, 0.3) is 5.91 Å². The predicted molar refractivity (Wildman–Crippen MR) is 129 cm³/mol. The number of anilines is 3. The molecule has 2 N–H and O–H groups in total. The predicted octanol–water partition coefficient (Wildman–Crippen LogP) is 4.94. The van der Waals surface area contributed by atoms with Crippen LogP contribution in [0, 0.1) is 0 Å². The van der Waals surface area contributed by atoms with Gasteiger partial charge in [-0.05, 0) is 71.3 Å². The largest absolute Gasteiger partial charge is 0.492 e. The van der Waals surface area contributed by atoms with E-state index in [9.17, 15) is 4.79 Å². The van der Waals surface area contributed by atoms with Crippen molar-refractivity contribution < 1.29 is 9.53 Å². The second-order valence-corrected chi connectivity index (χ2v) is 8.15. The molecule has 0 saturated carbocycles. The molecule has 32 heavy (non-hydrogen) atoms. The van der Waals surface area contributed by atoms with Crippen LogP contribution in [0.2, 0.25) is 0 Å². The van der Waals surface area contributed by atoms with Crippen LogP contribution in [-0.2, 0) is 4.79 Å². The van der Waals surface area contributed by atoms with Gasteiger partial charge in [0, 0.05) is 23.9 Å². The summed E-state index contributed by atoms with van der Waals surface area (Å²) in [6.45, 7) is 11.7. The average Bonchev–Trinajstić information content (AvgIpc) is 3.29. The van der Waals surface area contributed by atoms with Crippen LogP contribution in [0.15, 0.2) is 59.5 Å². The molecule has 0 bridgehead atoms. The highest BCUT2D eigenvalue weighted by molar-refractivity contribution is 6.07. The molecule has 7 nitrogen and oxygen atoms in total. The zero-order valence-corrected chi connectivity index (χ0v) is 19.4. The minimum absolute atomic E-state index is 0.163. The summed E-state index contributed by atoms with van der Waals surface area (Å²) in [5.74, 6) is 1.10. The summed E-state index contributed by atoms with van der Waals surface area (Å²) in [5, 5.41) is 6.05. The summed E-state index contributed by atoms with van der Waals surface area (Å²) < 4.78 is 5.90. The molecule has 0 atom stereocenters. The third-order valence-electron chi connectivity index (χ3n) is 5.43. The fourth-order valence-electron chi connectivity index (χ4n) is 3.69. The molecule has 1 fully saturated rings. The fourth-order valence-corrected chi connectivity index (χ4v) is 3.69. The first-order chi connectivity index (χ1) is 15.5. The number of carbonyl (C=O) groups is 1. The van der Waals surface area contributed by atoms with Crippen LogP contribution in [0.4, 0.5) is 17.3 Å². The van der Waals surface area contributed by atoms with Crippen molar-refractivity contribution in [3.8, 4) is 5.75 Å². The van der Waals surface area contributed by atoms with Crippen LogP contribution in [0.1, 0.15) is 40.5 Å². The minimum Gasteiger partial charge on any atom is -0.492 e. The fraction of sp³-hybridized carbons (Fsp3) is 0.400. The van der Waals surface area contributed by atoms with Gasteiger partial charge in [0.2, 0.25) is 5.95 Å². The van der Waals surface area contributed by atoms with Crippen molar-refractivity contribution in [3.63, 3.8) is 0 Å². The number of nitrogens with zero attached hydrogens (tertiary/aromatic N) is 3. The van der Waals surface area contributed by atoms with Gasteiger partial charge >= 0.3 is 0 Å². The Kier molecular flexibility index (Phi) is 8.39. The number of allylic oxidation sites excluding steroid dienone is 2. The van der Waals surface area contributed by atoms with E-state index in [0.717, 1.165) is 29.1 Å². The molecule has 0 radical (unpaired) electrons. The molecule has 170 valence electrons. The van der Waals surface area contributed by atoms with E-state index in [1.807, 2.05) is 58.0 Å². The normalized spacial score (nSPS) is 14.2. The molecule has 1 aliphatic heterocycles. The quantitative estimate of drug-likeness (QED) is 0.429. The summed E-state index contributed by atoms with van der Waals surface area (Å²) in [6, 6.07) is 7.76. The number of hydrogen-bond acceptors (Lipinski definition) is 6. The number of rotatable bonds is 9.